The van der Waals surface area contributed by atoms with Crippen molar-refractivity contribution in [1.29, 1.82) is 0 Å². The number of piperidine rings is 1. The average molecular weight is 219 g/mol. The van der Waals surface area contributed by atoms with Gasteiger partial charge in [-0.1, -0.05) is 12.1 Å². The first-order valence-electron chi connectivity index (χ1n) is 5.58. The standard InChI is InChI=1S/C13H17NO2/c1-14-9-11(6-7-13(14)15)10-4-3-5-12(8-10)16-2/h3-5,8,11H,6-7,9H2,1-2H3. The molecule has 3 heteroatoms. The molecule has 1 aromatic rings. The summed E-state index contributed by atoms with van der Waals surface area (Å²) in [6.45, 7) is 0.812. The third-order valence-electron chi connectivity index (χ3n) is 3.19. The first-order chi connectivity index (χ1) is 7.70. The Labute approximate surface area is 96.0 Å². The van der Waals surface area contributed by atoms with E-state index in [2.05, 4.69) is 12.1 Å². The number of hydrogen-bond acceptors (Lipinski definition) is 2. The predicted molar refractivity (Wildman–Crippen MR) is 62.6 cm³/mol. The van der Waals surface area contributed by atoms with Crippen molar-refractivity contribution >= 4 is 5.91 Å². The molecule has 16 heavy (non-hydrogen) atoms. The average Bonchev–Trinajstić information content (AvgIpc) is 2.33. The Kier molecular flexibility index (Phi) is 3.13. The van der Waals surface area contributed by atoms with Crippen LogP contribution in [0.25, 0.3) is 0 Å². The van der Waals surface area contributed by atoms with Gasteiger partial charge in [0.05, 0.1) is 7.11 Å². The molecule has 0 saturated carbocycles. The fourth-order valence-electron chi connectivity index (χ4n) is 2.18. The van der Waals surface area contributed by atoms with Crippen molar-refractivity contribution in [2.24, 2.45) is 0 Å². The fraction of sp³-hybridized carbons (Fsp3) is 0.462. The number of carbonyl (C=O) groups is 1. The molecule has 1 fully saturated rings. The van der Waals surface area contributed by atoms with Crippen LogP contribution in [-0.2, 0) is 4.79 Å². The summed E-state index contributed by atoms with van der Waals surface area (Å²) in [5.74, 6) is 1.58. The fourth-order valence-corrected chi connectivity index (χ4v) is 2.18. The van der Waals surface area contributed by atoms with Gasteiger partial charge in [-0.3, -0.25) is 4.79 Å². The SMILES string of the molecule is COc1cccc(C2CCC(=O)N(C)C2)c1. The van der Waals surface area contributed by atoms with Gasteiger partial charge in [0.15, 0.2) is 0 Å². The molecule has 1 unspecified atom stereocenters. The molecule has 2 rings (SSSR count). The number of amides is 1. The summed E-state index contributed by atoms with van der Waals surface area (Å²) >= 11 is 0. The zero-order chi connectivity index (χ0) is 11.5. The summed E-state index contributed by atoms with van der Waals surface area (Å²) in [5, 5.41) is 0. The minimum absolute atomic E-state index is 0.249. The van der Waals surface area contributed by atoms with Crippen LogP contribution in [-0.4, -0.2) is 31.5 Å². The van der Waals surface area contributed by atoms with Gasteiger partial charge in [-0.25, -0.2) is 0 Å². The van der Waals surface area contributed by atoms with Crippen LogP contribution < -0.4 is 4.74 Å². The molecule has 0 N–H and O–H groups in total. The van der Waals surface area contributed by atoms with Gasteiger partial charge in [-0.2, -0.15) is 0 Å². The van der Waals surface area contributed by atoms with Crippen molar-refractivity contribution < 1.29 is 9.53 Å². The summed E-state index contributed by atoms with van der Waals surface area (Å²) in [6.07, 6.45) is 1.59. The Balaban J connectivity index is 2.15. The van der Waals surface area contributed by atoms with E-state index in [-0.39, 0.29) is 5.91 Å². The highest BCUT2D eigenvalue weighted by atomic mass is 16.5. The second kappa shape index (κ2) is 4.56. The van der Waals surface area contributed by atoms with E-state index in [1.165, 1.54) is 5.56 Å². The topological polar surface area (TPSA) is 29.5 Å². The van der Waals surface area contributed by atoms with Crippen LogP contribution >= 0.6 is 0 Å². The molecule has 0 spiro atoms. The number of likely N-dealkylation sites (N-methyl/N-ethyl adjacent to an activating group) is 1. The van der Waals surface area contributed by atoms with E-state index < -0.39 is 0 Å². The number of nitrogens with zero attached hydrogens (tertiary/aromatic N) is 1. The van der Waals surface area contributed by atoms with Crippen LogP contribution in [0.4, 0.5) is 0 Å². The van der Waals surface area contributed by atoms with E-state index in [4.69, 9.17) is 4.74 Å². The number of rotatable bonds is 2. The molecule has 0 aliphatic carbocycles. The van der Waals surface area contributed by atoms with Crippen LogP contribution in [0.3, 0.4) is 0 Å². The molecule has 1 saturated heterocycles. The molecule has 1 atom stereocenters. The summed E-state index contributed by atoms with van der Waals surface area (Å²) < 4.78 is 5.21. The molecule has 0 bridgehead atoms. The van der Waals surface area contributed by atoms with Gasteiger partial charge < -0.3 is 9.64 Å². The lowest BCUT2D eigenvalue weighted by atomic mass is 9.90. The van der Waals surface area contributed by atoms with Crippen LogP contribution in [0.2, 0.25) is 0 Å². The lowest BCUT2D eigenvalue weighted by Crippen LogP contribution is -2.35. The molecular weight excluding hydrogens is 202 g/mol. The zero-order valence-corrected chi connectivity index (χ0v) is 9.77. The highest BCUT2D eigenvalue weighted by Crippen LogP contribution is 2.28. The second-order valence-corrected chi connectivity index (χ2v) is 4.29. The van der Waals surface area contributed by atoms with E-state index >= 15 is 0 Å². The molecule has 1 aliphatic rings. The van der Waals surface area contributed by atoms with E-state index in [9.17, 15) is 4.79 Å². The predicted octanol–water partition coefficient (Wildman–Crippen LogP) is 2.03. The first-order valence-corrected chi connectivity index (χ1v) is 5.58. The van der Waals surface area contributed by atoms with Gasteiger partial charge in [-0.05, 0) is 24.1 Å². The summed E-state index contributed by atoms with van der Waals surface area (Å²) in [5.41, 5.74) is 1.26. The number of carbonyl (C=O) groups excluding carboxylic acids is 1. The highest BCUT2D eigenvalue weighted by molar-refractivity contribution is 5.76. The Morgan fingerprint density at radius 3 is 2.94 bits per heavy atom. The lowest BCUT2D eigenvalue weighted by Gasteiger charge is -2.30. The maximum Gasteiger partial charge on any atom is 0.222 e. The smallest absolute Gasteiger partial charge is 0.222 e. The first kappa shape index (κ1) is 11.0. The number of methoxy groups -OCH3 is 1. The molecule has 3 nitrogen and oxygen atoms in total. The Hall–Kier alpha value is -1.51. The number of ether oxygens (including phenoxy) is 1. The molecule has 1 heterocycles. The van der Waals surface area contributed by atoms with Crippen LogP contribution in [0.5, 0.6) is 5.75 Å². The Morgan fingerprint density at radius 1 is 1.44 bits per heavy atom. The minimum atomic E-state index is 0.249. The van der Waals surface area contributed by atoms with Crippen molar-refractivity contribution in [2.45, 2.75) is 18.8 Å². The molecule has 1 aliphatic heterocycles. The largest absolute Gasteiger partial charge is 0.497 e. The zero-order valence-electron chi connectivity index (χ0n) is 9.77. The van der Waals surface area contributed by atoms with Gasteiger partial charge >= 0.3 is 0 Å². The van der Waals surface area contributed by atoms with E-state index in [0.717, 1.165) is 18.7 Å². The normalized spacial score (nSPS) is 21.0. The Morgan fingerprint density at radius 2 is 2.25 bits per heavy atom. The number of likely N-dealkylation sites (tertiary alicyclic amines) is 1. The van der Waals surface area contributed by atoms with E-state index in [0.29, 0.717) is 12.3 Å². The molecule has 86 valence electrons. The lowest BCUT2D eigenvalue weighted by molar-refractivity contribution is -0.132. The third-order valence-corrected chi connectivity index (χ3v) is 3.19. The molecule has 0 radical (unpaired) electrons. The maximum absolute atomic E-state index is 11.4. The molecular formula is C13H17NO2. The van der Waals surface area contributed by atoms with Crippen LogP contribution in [0.1, 0.15) is 24.3 Å². The van der Waals surface area contributed by atoms with Crippen LogP contribution in [0, 0.1) is 0 Å². The molecule has 0 aromatic heterocycles. The van der Waals surface area contributed by atoms with Crippen molar-refractivity contribution in [2.75, 3.05) is 20.7 Å². The third kappa shape index (κ3) is 2.18. The number of hydrogen-bond donors (Lipinski definition) is 0. The van der Waals surface area contributed by atoms with Gasteiger partial charge in [-0.15, -0.1) is 0 Å². The summed E-state index contributed by atoms with van der Waals surface area (Å²) in [4.78, 5) is 13.2. The van der Waals surface area contributed by atoms with Gasteiger partial charge in [0.25, 0.3) is 0 Å². The summed E-state index contributed by atoms with van der Waals surface area (Å²) in [7, 11) is 3.55. The van der Waals surface area contributed by atoms with Crippen molar-refractivity contribution in [3.63, 3.8) is 0 Å². The highest BCUT2D eigenvalue weighted by Gasteiger charge is 2.24. The van der Waals surface area contributed by atoms with Gasteiger partial charge in [0.1, 0.15) is 5.75 Å². The summed E-state index contributed by atoms with van der Waals surface area (Å²) in [6, 6.07) is 8.12. The quantitative estimate of drug-likeness (QED) is 0.761. The van der Waals surface area contributed by atoms with E-state index in [1.807, 2.05) is 24.1 Å². The van der Waals surface area contributed by atoms with Crippen molar-refractivity contribution in [1.82, 2.24) is 4.90 Å². The Bertz CT molecular complexity index is 389. The van der Waals surface area contributed by atoms with Gasteiger partial charge in [0.2, 0.25) is 5.91 Å². The minimum Gasteiger partial charge on any atom is -0.497 e. The van der Waals surface area contributed by atoms with Crippen molar-refractivity contribution in [3.8, 4) is 5.75 Å². The second-order valence-electron chi connectivity index (χ2n) is 4.29. The number of benzene rings is 1. The monoisotopic (exact) mass is 219 g/mol. The van der Waals surface area contributed by atoms with Crippen molar-refractivity contribution in [3.05, 3.63) is 29.8 Å². The van der Waals surface area contributed by atoms with Gasteiger partial charge in [0, 0.05) is 25.9 Å². The molecule has 1 amide bonds. The maximum atomic E-state index is 11.4. The van der Waals surface area contributed by atoms with E-state index in [1.54, 1.807) is 7.11 Å². The van der Waals surface area contributed by atoms with Crippen LogP contribution in [0.15, 0.2) is 24.3 Å². The molecule has 1 aromatic carbocycles.